The third kappa shape index (κ3) is 3.31. The number of hydrogen-bond donors (Lipinski definition) is 1. The molecule has 3 aromatic rings. The monoisotopic (exact) mass is 378 g/mol. The topological polar surface area (TPSA) is 66.5 Å². The number of amides is 1. The number of fused-ring (bicyclic) bond motifs is 1. The first kappa shape index (κ1) is 17.3. The van der Waals surface area contributed by atoms with Crippen LogP contribution in [0.2, 0.25) is 0 Å². The van der Waals surface area contributed by atoms with E-state index in [0.29, 0.717) is 24.2 Å². The molecule has 136 valence electrons. The van der Waals surface area contributed by atoms with Crippen LogP contribution in [-0.4, -0.2) is 20.9 Å². The van der Waals surface area contributed by atoms with Gasteiger partial charge in [0, 0.05) is 17.8 Å². The maximum Gasteiger partial charge on any atom is 0.264 e. The smallest absolute Gasteiger partial charge is 0.264 e. The first-order valence-corrected chi connectivity index (χ1v) is 10.1. The van der Waals surface area contributed by atoms with Gasteiger partial charge in [0.15, 0.2) is 0 Å². The van der Waals surface area contributed by atoms with Gasteiger partial charge in [0.2, 0.25) is 0 Å². The molecule has 0 atom stereocenters. The Morgan fingerprint density at radius 2 is 1.56 bits per heavy atom. The van der Waals surface area contributed by atoms with E-state index in [4.69, 9.17) is 0 Å². The van der Waals surface area contributed by atoms with E-state index in [1.165, 1.54) is 4.31 Å². The van der Waals surface area contributed by atoms with Gasteiger partial charge in [0.05, 0.1) is 10.6 Å². The van der Waals surface area contributed by atoms with Gasteiger partial charge >= 0.3 is 0 Å². The van der Waals surface area contributed by atoms with Crippen LogP contribution >= 0.6 is 0 Å². The van der Waals surface area contributed by atoms with Gasteiger partial charge in [-0.15, -0.1) is 0 Å². The Kier molecular flexibility index (Phi) is 4.41. The number of rotatable bonds is 4. The average molecular weight is 378 g/mol. The van der Waals surface area contributed by atoms with Crippen molar-refractivity contribution in [2.24, 2.45) is 0 Å². The molecule has 0 bridgehead atoms. The Morgan fingerprint density at radius 3 is 2.26 bits per heavy atom. The van der Waals surface area contributed by atoms with Crippen LogP contribution in [0.5, 0.6) is 0 Å². The molecule has 1 aliphatic heterocycles. The van der Waals surface area contributed by atoms with E-state index in [-0.39, 0.29) is 10.8 Å². The number of carbonyl (C=O) groups excluding carboxylic acids is 1. The van der Waals surface area contributed by atoms with Crippen molar-refractivity contribution in [2.45, 2.75) is 11.3 Å². The molecule has 1 aliphatic rings. The molecule has 0 saturated carbocycles. The van der Waals surface area contributed by atoms with E-state index < -0.39 is 10.0 Å². The fourth-order valence-electron chi connectivity index (χ4n) is 3.21. The van der Waals surface area contributed by atoms with Crippen molar-refractivity contribution in [1.29, 1.82) is 0 Å². The van der Waals surface area contributed by atoms with E-state index in [1.807, 2.05) is 30.3 Å². The van der Waals surface area contributed by atoms with Gasteiger partial charge in [-0.3, -0.25) is 9.10 Å². The first-order chi connectivity index (χ1) is 13.1. The number of para-hydroxylation sites is 1. The lowest BCUT2D eigenvalue weighted by atomic mass is 10.1. The molecule has 5 nitrogen and oxygen atoms in total. The van der Waals surface area contributed by atoms with E-state index in [1.54, 1.807) is 48.5 Å². The van der Waals surface area contributed by atoms with Crippen molar-refractivity contribution in [3.05, 3.63) is 90.0 Å². The largest absolute Gasteiger partial charge is 0.322 e. The fourth-order valence-corrected chi connectivity index (χ4v) is 4.73. The normalized spacial score (nSPS) is 13.3. The molecule has 0 fully saturated rings. The van der Waals surface area contributed by atoms with Gasteiger partial charge in [0.1, 0.15) is 0 Å². The van der Waals surface area contributed by atoms with E-state index >= 15 is 0 Å². The van der Waals surface area contributed by atoms with Crippen LogP contribution in [0.3, 0.4) is 0 Å². The summed E-state index contributed by atoms with van der Waals surface area (Å²) in [6.07, 6.45) is 0.577. The van der Waals surface area contributed by atoms with Crippen LogP contribution in [0.4, 0.5) is 11.4 Å². The van der Waals surface area contributed by atoms with Gasteiger partial charge in [-0.25, -0.2) is 8.42 Å². The zero-order valence-corrected chi connectivity index (χ0v) is 15.3. The Bertz CT molecular complexity index is 1080. The minimum absolute atomic E-state index is 0.214. The molecule has 0 radical (unpaired) electrons. The number of nitrogens with zero attached hydrogens (tertiary/aromatic N) is 1. The minimum atomic E-state index is -3.60. The number of benzene rings is 3. The Balaban J connectivity index is 1.60. The molecule has 27 heavy (non-hydrogen) atoms. The molecule has 1 N–H and O–H groups in total. The van der Waals surface area contributed by atoms with Gasteiger partial charge in [-0.1, -0.05) is 36.4 Å². The Labute approximate surface area is 158 Å². The lowest BCUT2D eigenvalue weighted by Gasteiger charge is -2.19. The SMILES string of the molecule is O=C(Nc1ccccc1)c1ccc2c(c1)CCN2S(=O)(=O)c1ccccc1. The van der Waals surface area contributed by atoms with Gasteiger partial charge in [-0.2, -0.15) is 0 Å². The number of carbonyl (C=O) groups is 1. The molecular formula is C21H18N2O3S. The van der Waals surface area contributed by atoms with Crippen molar-refractivity contribution in [2.75, 3.05) is 16.2 Å². The molecule has 3 aromatic carbocycles. The average Bonchev–Trinajstić information content (AvgIpc) is 3.13. The number of nitrogens with one attached hydrogen (secondary N) is 1. The molecule has 6 heteroatoms. The summed E-state index contributed by atoms with van der Waals surface area (Å²) in [5, 5.41) is 2.85. The van der Waals surface area contributed by atoms with Crippen LogP contribution in [-0.2, 0) is 16.4 Å². The zero-order valence-electron chi connectivity index (χ0n) is 14.5. The third-order valence-corrected chi connectivity index (χ3v) is 6.38. The summed E-state index contributed by atoms with van der Waals surface area (Å²) < 4.78 is 27.2. The summed E-state index contributed by atoms with van der Waals surface area (Å²) in [6, 6.07) is 22.8. The molecule has 4 rings (SSSR count). The van der Waals surface area contributed by atoms with Gasteiger partial charge in [-0.05, 0) is 54.4 Å². The fraction of sp³-hybridized carbons (Fsp3) is 0.0952. The van der Waals surface area contributed by atoms with E-state index in [9.17, 15) is 13.2 Å². The van der Waals surface area contributed by atoms with Gasteiger partial charge < -0.3 is 5.32 Å². The first-order valence-electron chi connectivity index (χ1n) is 8.63. The highest BCUT2D eigenvalue weighted by Gasteiger charge is 2.31. The van der Waals surface area contributed by atoms with E-state index in [0.717, 1.165) is 11.3 Å². The van der Waals surface area contributed by atoms with Crippen molar-refractivity contribution in [1.82, 2.24) is 0 Å². The summed E-state index contributed by atoms with van der Waals surface area (Å²) in [4.78, 5) is 12.7. The molecule has 0 aromatic heterocycles. The van der Waals surface area contributed by atoms with Gasteiger partial charge in [0.25, 0.3) is 15.9 Å². The highest BCUT2D eigenvalue weighted by atomic mass is 32.2. The predicted molar refractivity (Wildman–Crippen MR) is 106 cm³/mol. The van der Waals surface area contributed by atoms with E-state index in [2.05, 4.69) is 5.32 Å². The van der Waals surface area contributed by atoms with Crippen LogP contribution in [0, 0.1) is 0 Å². The summed E-state index contributed by atoms with van der Waals surface area (Å²) in [5.41, 5.74) is 2.72. The lowest BCUT2D eigenvalue weighted by molar-refractivity contribution is 0.102. The Hall–Kier alpha value is -3.12. The van der Waals surface area contributed by atoms with Crippen LogP contribution < -0.4 is 9.62 Å². The molecular weight excluding hydrogens is 360 g/mol. The maximum atomic E-state index is 12.9. The van der Waals surface area contributed by atoms with Crippen molar-refractivity contribution in [3.8, 4) is 0 Å². The molecule has 1 heterocycles. The summed E-state index contributed by atoms with van der Waals surface area (Å²) in [6.45, 7) is 0.371. The zero-order chi connectivity index (χ0) is 18.9. The summed E-state index contributed by atoms with van der Waals surface area (Å²) in [5.74, 6) is -0.214. The molecule has 0 spiro atoms. The van der Waals surface area contributed by atoms with Crippen LogP contribution in [0.15, 0.2) is 83.8 Å². The minimum Gasteiger partial charge on any atom is -0.322 e. The predicted octanol–water partition coefficient (Wildman–Crippen LogP) is 3.69. The molecule has 0 saturated heterocycles. The third-order valence-electron chi connectivity index (χ3n) is 4.56. The molecule has 0 unspecified atom stereocenters. The number of anilines is 2. The number of hydrogen-bond acceptors (Lipinski definition) is 3. The lowest BCUT2D eigenvalue weighted by Crippen LogP contribution is -2.29. The second kappa shape index (κ2) is 6.89. The van der Waals surface area contributed by atoms with Crippen LogP contribution in [0.25, 0.3) is 0 Å². The standard InChI is InChI=1S/C21H18N2O3S/c24-21(22-18-7-3-1-4-8-18)17-11-12-20-16(15-17)13-14-23(20)27(25,26)19-9-5-2-6-10-19/h1-12,15H,13-14H2,(H,22,24). The highest BCUT2D eigenvalue weighted by Crippen LogP contribution is 2.33. The second-order valence-corrected chi connectivity index (χ2v) is 8.17. The summed E-state index contributed by atoms with van der Waals surface area (Å²) in [7, 11) is -3.60. The van der Waals surface area contributed by atoms with Crippen molar-refractivity contribution >= 4 is 27.3 Å². The maximum absolute atomic E-state index is 12.9. The van der Waals surface area contributed by atoms with Crippen molar-refractivity contribution in [3.63, 3.8) is 0 Å². The highest BCUT2D eigenvalue weighted by molar-refractivity contribution is 7.92. The molecule has 1 amide bonds. The second-order valence-electron chi connectivity index (χ2n) is 6.30. The molecule has 0 aliphatic carbocycles. The van der Waals surface area contributed by atoms with Crippen LogP contribution in [0.1, 0.15) is 15.9 Å². The van der Waals surface area contributed by atoms with Crippen molar-refractivity contribution < 1.29 is 13.2 Å². The quantitative estimate of drug-likeness (QED) is 0.753. The Morgan fingerprint density at radius 1 is 0.889 bits per heavy atom. The number of sulfonamides is 1. The summed E-state index contributed by atoms with van der Waals surface area (Å²) >= 11 is 0.